The molecular weight excluding hydrogens is 356 g/mol. The molecule has 138 valence electrons. The fourth-order valence-corrected chi connectivity index (χ4v) is 3.62. The highest BCUT2D eigenvalue weighted by Gasteiger charge is 2.20. The number of hydrogen-bond donors (Lipinski definition) is 2. The number of nitrogens with one attached hydrogen (secondary N) is 2. The zero-order chi connectivity index (χ0) is 18.9. The van der Waals surface area contributed by atoms with Crippen LogP contribution in [0.3, 0.4) is 0 Å². The van der Waals surface area contributed by atoms with E-state index in [-0.39, 0.29) is 11.7 Å². The zero-order valence-corrected chi connectivity index (χ0v) is 15.8. The molecule has 0 radical (unpaired) electrons. The van der Waals surface area contributed by atoms with Crippen LogP contribution in [-0.4, -0.2) is 37.6 Å². The van der Waals surface area contributed by atoms with E-state index in [0.717, 1.165) is 11.1 Å². The Morgan fingerprint density at radius 2 is 1.96 bits per heavy atom. The molecule has 0 spiro atoms. The number of sulfonamides is 1. The number of rotatable bonds is 6. The van der Waals surface area contributed by atoms with E-state index in [4.69, 9.17) is 9.47 Å². The lowest BCUT2D eigenvalue weighted by atomic mass is 10.1. The normalized spacial score (nSPS) is 11.7. The number of pyridine rings is 1. The third-order valence-corrected chi connectivity index (χ3v) is 5.33. The van der Waals surface area contributed by atoms with E-state index in [0.29, 0.717) is 28.2 Å². The molecule has 0 aliphatic rings. The topological polar surface area (TPSA) is 106 Å². The molecule has 3 aromatic rings. The standard InChI is InChI=1S/C17H20N4O4S/c1-10-8-18-15(11(2)16(10)25-4)9-19-26(22,23)17-20-13-6-5-12(24-3)7-14(13)21-17/h5-8,19H,9H2,1-4H3,(H,20,21). The van der Waals surface area contributed by atoms with Gasteiger partial charge in [-0.1, -0.05) is 0 Å². The Labute approximate surface area is 151 Å². The maximum atomic E-state index is 12.6. The summed E-state index contributed by atoms with van der Waals surface area (Å²) in [6, 6.07) is 5.12. The summed E-state index contributed by atoms with van der Waals surface area (Å²) in [5.41, 5.74) is 3.40. The molecule has 1 aromatic carbocycles. The number of aromatic nitrogens is 3. The molecule has 0 atom stereocenters. The lowest BCUT2D eigenvalue weighted by Crippen LogP contribution is -2.25. The highest BCUT2D eigenvalue weighted by atomic mass is 32.2. The van der Waals surface area contributed by atoms with Crippen LogP contribution in [-0.2, 0) is 16.6 Å². The van der Waals surface area contributed by atoms with Crippen molar-refractivity contribution in [2.75, 3.05) is 14.2 Å². The van der Waals surface area contributed by atoms with Crippen LogP contribution in [0.25, 0.3) is 11.0 Å². The first-order chi connectivity index (χ1) is 12.4. The molecule has 0 saturated heterocycles. The number of ether oxygens (including phenoxy) is 2. The van der Waals surface area contributed by atoms with Gasteiger partial charge < -0.3 is 14.5 Å². The largest absolute Gasteiger partial charge is 0.497 e. The van der Waals surface area contributed by atoms with Crippen molar-refractivity contribution in [2.45, 2.75) is 25.5 Å². The van der Waals surface area contributed by atoms with Crippen molar-refractivity contribution in [2.24, 2.45) is 0 Å². The Kier molecular flexibility index (Phi) is 4.84. The Balaban J connectivity index is 1.86. The first kappa shape index (κ1) is 18.2. The van der Waals surface area contributed by atoms with Crippen LogP contribution in [0.15, 0.2) is 29.6 Å². The van der Waals surface area contributed by atoms with Gasteiger partial charge in [-0.2, -0.15) is 0 Å². The summed E-state index contributed by atoms with van der Waals surface area (Å²) in [5.74, 6) is 1.30. The summed E-state index contributed by atoms with van der Waals surface area (Å²) in [4.78, 5) is 11.2. The molecule has 2 aromatic heterocycles. The summed E-state index contributed by atoms with van der Waals surface area (Å²) in [5, 5.41) is -0.155. The van der Waals surface area contributed by atoms with Crippen LogP contribution in [0.4, 0.5) is 0 Å². The number of nitrogens with zero attached hydrogens (tertiary/aromatic N) is 2. The van der Waals surface area contributed by atoms with Gasteiger partial charge in [0.25, 0.3) is 10.0 Å². The Bertz CT molecular complexity index is 1060. The van der Waals surface area contributed by atoms with E-state index in [1.54, 1.807) is 31.5 Å². The second kappa shape index (κ2) is 6.93. The van der Waals surface area contributed by atoms with Crippen molar-refractivity contribution in [3.05, 3.63) is 41.2 Å². The molecule has 2 N–H and O–H groups in total. The molecule has 3 rings (SSSR count). The Morgan fingerprint density at radius 3 is 2.65 bits per heavy atom. The molecular formula is C17H20N4O4S. The molecule has 9 heteroatoms. The van der Waals surface area contributed by atoms with Gasteiger partial charge in [0.15, 0.2) is 0 Å². The summed E-state index contributed by atoms with van der Waals surface area (Å²) in [7, 11) is -0.709. The second-order valence-electron chi connectivity index (χ2n) is 5.80. The molecule has 0 aliphatic heterocycles. The minimum Gasteiger partial charge on any atom is -0.497 e. The third kappa shape index (κ3) is 3.35. The zero-order valence-electron chi connectivity index (χ0n) is 15.0. The highest BCUT2D eigenvalue weighted by molar-refractivity contribution is 7.89. The number of benzene rings is 1. The molecule has 0 aliphatic carbocycles. The summed E-state index contributed by atoms with van der Waals surface area (Å²) in [6.45, 7) is 3.76. The van der Waals surface area contributed by atoms with E-state index in [1.807, 2.05) is 13.8 Å². The molecule has 0 fully saturated rings. The number of methoxy groups -OCH3 is 2. The van der Waals surface area contributed by atoms with Crippen molar-refractivity contribution in [1.29, 1.82) is 0 Å². The van der Waals surface area contributed by atoms with Gasteiger partial charge in [0.2, 0.25) is 5.16 Å². The van der Waals surface area contributed by atoms with E-state index in [9.17, 15) is 8.42 Å². The van der Waals surface area contributed by atoms with Crippen molar-refractivity contribution < 1.29 is 17.9 Å². The number of H-pyrrole nitrogens is 1. The van der Waals surface area contributed by atoms with Crippen molar-refractivity contribution in [3.8, 4) is 11.5 Å². The van der Waals surface area contributed by atoms with Crippen molar-refractivity contribution >= 4 is 21.1 Å². The number of aryl methyl sites for hydroxylation is 1. The molecule has 8 nitrogen and oxygen atoms in total. The van der Waals surface area contributed by atoms with Crippen molar-refractivity contribution in [3.63, 3.8) is 0 Å². The number of hydrogen-bond acceptors (Lipinski definition) is 6. The fraction of sp³-hybridized carbons (Fsp3) is 0.294. The van der Waals surface area contributed by atoms with Crippen LogP contribution >= 0.6 is 0 Å². The maximum absolute atomic E-state index is 12.6. The van der Waals surface area contributed by atoms with Crippen molar-refractivity contribution in [1.82, 2.24) is 19.7 Å². The average molecular weight is 376 g/mol. The van der Waals surface area contributed by atoms with Gasteiger partial charge in [0.05, 0.1) is 37.5 Å². The quantitative estimate of drug-likeness (QED) is 0.682. The van der Waals surface area contributed by atoms with Crippen LogP contribution in [0.1, 0.15) is 16.8 Å². The number of aromatic amines is 1. The average Bonchev–Trinajstić information content (AvgIpc) is 3.05. The predicted molar refractivity (Wildman–Crippen MR) is 96.9 cm³/mol. The summed E-state index contributed by atoms with van der Waals surface area (Å²) < 4.78 is 38.1. The minimum atomic E-state index is -3.82. The van der Waals surface area contributed by atoms with Crippen LogP contribution < -0.4 is 14.2 Å². The Hall–Kier alpha value is -2.65. The lowest BCUT2D eigenvalue weighted by molar-refractivity contribution is 0.406. The smallest absolute Gasteiger partial charge is 0.274 e. The second-order valence-corrected chi connectivity index (χ2v) is 7.48. The molecule has 2 heterocycles. The van der Waals surface area contributed by atoms with Gasteiger partial charge in [0, 0.05) is 23.4 Å². The lowest BCUT2D eigenvalue weighted by Gasteiger charge is -2.12. The molecule has 0 unspecified atom stereocenters. The van der Waals surface area contributed by atoms with E-state index in [2.05, 4.69) is 19.7 Å². The Morgan fingerprint density at radius 1 is 1.19 bits per heavy atom. The third-order valence-electron chi connectivity index (χ3n) is 4.10. The predicted octanol–water partition coefficient (Wildman–Crippen LogP) is 2.07. The van der Waals surface area contributed by atoms with E-state index in [1.165, 1.54) is 7.11 Å². The molecule has 26 heavy (non-hydrogen) atoms. The first-order valence-electron chi connectivity index (χ1n) is 7.88. The van der Waals surface area contributed by atoms with Gasteiger partial charge in [-0.25, -0.2) is 18.1 Å². The van der Waals surface area contributed by atoms with Crippen LogP contribution in [0.2, 0.25) is 0 Å². The van der Waals surface area contributed by atoms with Crippen LogP contribution in [0.5, 0.6) is 11.5 Å². The monoisotopic (exact) mass is 376 g/mol. The van der Waals surface area contributed by atoms with E-state index < -0.39 is 10.0 Å². The highest BCUT2D eigenvalue weighted by Crippen LogP contribution is 2.24. The van der Waals surface area contributed by atoms with Gasteiger partial charge in [-0.3, -0.25) is 4.98 Å². The summed E-state index contributed by atoms with van der Waals surface area (Å²) in [6.07, 6.45) is 1.66. The number of fused-ring (bicyclic) bond motifs is 1. The SMILES string of the molecule is COc1ccc2[nH]c(S(=O)(=O)NCc3ncc(C)c(OC)c3C)nc2c1. The van der Waals surface area contributed by atoms with Gasteiger partial charge in [0.1, 0.15) is 11.5 Å². The fourth-order valence-electron chi connectivity index (χ4n) is 2.70. The maximum Gasteiger partial charge on any atom is 0.274 e. The molecule has 0 bridgehead atoms. The summed E-state index contributed by atoms with van der Waals surface area (Å²) >= 11 is 0. The van der Waals surface area contributed by atoms with Gasteiger partial charge in [-0.15, -0.1) is 0 Å². The molecule has 0 amide bonds. The van der Waals surface area contributed by atoms with Gasteiger partial charge >= 0.3 is 0 Å². The first-order valence-corrected chi connectivity index (χ1v) is 9.36. The number of imidazole rings is 1. The van der Waals surface area contributed by atoms with Gasteiger partial charge in [-0.05, 0) is 26.0 Å². The molecule has 0 saturated carbocycles. The van der Waals surface area contributed by atoms with E-state index >= 15 is 0 Å². The van der Waals surface area contributed by atoms with Crippen LogP contribution in [0, 0.1) is 13.8 Å². The minimum absolute atomic E-state index is 0.0329.